The van der Waals surface area contributed by atoms with Gasteiger partial charge in [0.05, 0.1) is 25.5 Å². The van der Waals surface area contributed by atoms with Gasteiger partial charge in [0, 0.05) is 11.6 Å². The number of anilines is 2. The average molecular weight is 370 g/mol. The molecule has 1 aromatic heterocycles. The summed E-state index contributed by atoms with van der Waals surface area (Å²) in [6.07, 6.45) is 0. The Morgan fingerprint density at radius 2 is 1.81 bits per heavy atom. The number of methoxy groups -OCH3 is 2. The summed E-state index contributed by atoms with van der Waals surface area (Å²) in [5, 5.41) is 3.42. The Morgan fingerprint density at radius 1 is 1.04 bits per heavy atom. The topological polar surface area (TPSA) is 73.3 Å². The van der Waals surface area contributed by atoms with Crippen LogP contribution in [0.1, 0.15) is 10.4 Å². The third kappa shape index (κ3) is 3.92. The number of aromatic nitrogens is 2. The summed E-state index contributed by atoms with van der Waals surface area (Å²) in [7, 11) is 2.87. The van der Waals surface area contributed by atoms with Crippen LogP contribution in [0.15, 0.2) is 54.6 Å². The first-order valence-corrected chi connectivity index (χ1v) is 8.12. The van der Waals surface area contributed by atoms with Gasteiger partial charge in [-0.25, -0.2) is 14.8 Å². The maximum Gasteiger partial charge on any atom is 0.337 e. The molecule has 0 radical (unpaired) electrons. The molecule has 3 rings (SSSR count). The zero-order chi connectivity index (χ0) is 18.5. The Kier molecular flexibility index (Phi) is 5.34. The molecule has 0 unspecified atom stereocenters. The largest absolute Gasteiger partial charge is 0.495 e. The quantitative estimate of drug-likeness (QED) is 0.533. The maximum atomic E-state index is 11.8. The lowest BCUT2D eigenvalue weighted by molar-refractivity contribution is 0.0601. The van der Waals surface area contributed by atoms with Crippen LogP contribution >= 0.6 is 11.6 Å². The van der Waals surface area contributed by atoms with Gasteiger partial charge in [-0.2, -0.15) is 0 Å². The predicted molar refractivity (Wildman–Crippen MR) is 100 cm³/mol. The zero-order valence-corrected chi connectivity index (χ0v) is 14.9. The zero-order valence-electron chi connectivity index (χ0n) is 14.2. The molecule has 0 amide bonds. The van der Waals surface area contributed by atoms with Crippen LogP contribution in [0, 0.1) is 0 Å². The molecule has 0 aliphatic carbocycles. The molecular weight excluding hydrogens is 354 g/mol. The monoisotopic (exact) mass is 369 g/mol. The van der Waals surface area contributed by atoms with Gasteiger partial charge in [0.2, 0.25) is 0 Å². The number of hydrogen-bond donors (Lipinski definition) is 1. The highest BCUT2D eigenvalue weighted by molar-refractivity contribution is 6.29. The second-order valence-corrected chi connectivity index (χ2v) is 5.68. The summed E-state index contributed by atoms with van der Waals surface area (Å²) in [6.45, 7) is 0. The lowest BCUT2D eigenvalue weighted by Gasteiger charge is -2.13. The van der Waals surface area contributed by atoms with Gasteiger partial charge >= 0.3 is 5.97 Å². The van der Waals surface area contributed by atoms with Crippen molar-refractivity contribution in [3.05, 3.63) is 65.3 Å². The van der Waals surface area contributed by atoms with Gasteiger partial charge in [0.15, 0.2) is 5.82 Å². The van der Waals surface area contributed by atoms with Gasteiger partial charge in [0.1, 0.15) is 16.7 Å². The van der Waals surface area contributed by atoms with Gasteiger partial charge in [-0.1, -0.05) is 41.9 Å². The fourth-order valence-electron chi connectivity index (χ4n) is 2.39. The SMILES string of the molecule is COC(=O)c1ccc(OC)c(Nc2cc(Cl)nc(-c3ccccc3)n2)c1. The minimum atomic E-state index is -0.443. The van der Waals surface area contributed by atoms with Crippen molar-refractivity contribution in [2.75, 3.05) is 19.5 Å². The minimum absolute atomic E-state index is 0.296. The van der Waals surface area contributed by atoms with Crippen molar-refractivity contribution < 1.29 is 14.3 Å². The molecule has 0 fully saturated rings. The molecular formula is C19H16ClN3O3. The van der Waals surface area contributed by atoms with Crippen molar-refractivity contribution in [1.29, 1.82) is 0 Å². The highest BCUT2D eigenvalue weighted by Crippen LogP contribution is 2.30. The second kappa shape index (κ2) is 7.84. The van der Waals surface area contributed by atoms with Crippen LogP contribution < -0.4 is 10.1 Å². The van der Waals surface area contributed by atoms with Crippen LogP contribution in [0.2, 0.25) is 5.15 Å². The van der Waals surface area contributed by atoms with Crippen molar-refractivity contribution in [2.45, 2.75) is 0 Å². The van der Waals surface area contributed by atoms with Crippen molar-refractivity contribution in [3.63, 3.8) is 0 Å². The van der Waals surface area contributed by atoms with Gasteiger partial charge in [-0.3, -0.25) is 0 Å². The van der Waals surface area contributed by atoms with Crippen LogP contribution in [0.5, 0.6) is 5.75 Å². The molecule has 0 bridgehead atoms. The Balaban J connectivity index is 1.98. The normalized spacial score (nSPS) is 10.3. The van der Waals surface area contributed by atoms with Gasteiger partial charge < -0.3 is 14.8 Å². The molecule has 7 heteroatoms. The van der Waals surface area contributed by atoms with E-state index in [1.807, 2.05) is 30.3 Å². The van der Waals surface area contributed by atoms with E-state index in [9.17, 15) is 4.79 Å². The van der Waals surface area contributed by atoms with E-state index in [0.717, 1.165) is 5.56 Å². The number of benzene rings is 2. The van der Waals surface area contributed by atoms with E-state index in [1.165, 1.54) is 7.11 Å². The Labute approximate surface area is 155 Å². The molecule has 6 nitrogen and oxygen atoms in total. The summed E-state index contributed by atoms with van der Waals surface area (Å²) in [6, 6.07) is 16.0. The number of nitrogens with zero attached hydrogens (tertiary/aromatic N) is 2. The van der Waals surface area contributed by atoms with Crippen LogP contribution in [0.3, 0.4) is 0 Å². The van der Waals surface area contributed by atoms with Crippen LogP contribution in [-0.2, 0) is 4.74 Å². The number of esters is 1. The Morgan fingerprint density at radius 3 is 2.50 bits per heavy atom. The number of rotatable bonds is 5. The molecule has 0 aliphatic heterocycles. The predicted octanol–water partition coefficient (Wildman–Crippen LogP) is 4.34. The number of nitrogens with one attached hydrogen (secondary N) is 1. The van der Waals surface area contributed by atoms with E-state index >= 15 is 0 Å². The van der Waals surface area contributed by atoms with Gasteiger partial charge in [-0.05, 0) is 18.2 Å². The van der Waals surface area contributed by atoms with E-state index in [-0.39, 0.29) is 0 Å². The van der Waals surface area contributed by atoms with Crippen molar-refractivity contribution in [1.82, 2.24) is 9.97 Å². The average Bonchev–Trinajstić information content (AvgIpc) is 2.67. The van der Waals surface area contributed by atoms with Crippen molar-refractivity contribution in [2.24, 2.45) is 0 Å². The summed E-state index contributed by atoms with van der Waals surface area (Å²) in [4.78, 5) is 20.5. The minimum Gasteiger partial charge on any atom is -0.495 e. The van der Waals surface area contributed by atoms with E-state index in [4.69, 9.17) is 21.1 Å². The number of halogens is 1. The Hall–Kier alpha value is -3.12. The van der Waals surface area contributed by atoms with Crippen LogP contribution in [-0.4, -0.2) is 30.2 Å². The summed E-state index contributed by atoms with van der Waals surface area (Å²) in [5.74, 6) is 1.07. The smallest absolute Gasteiger partial charge is 0.337 e. The summed E-state index contributed by atoms with van der Waals surface area (Å²) in [5.41, 5.74) is 1.79. The first kappa shape index (κ1) is 17.7. The second-order valence-electron chi connectivity index (χ2n) is 5.30. The fraction of sp³-hybridized carbons (Fsp3) is 0.105. The molecule has 132 valence electrons. The third-order valence-corrected chi connectivity index (χ3v) is 3.80. The molecule has 3 aromatic rings. The lowest BCUT2D eigenvalue weighted by atomic mass is 10.2. The molecule has 0 saturated carbocycles. The molecule has 0 saturated heterocycles. The van der Waals surface area contributed by atoms with E-state index in [0.29, 0.717) is 33.8 Å². The van der Waals surface area contributed by atoms with Crippen LogP contribution in [0.25, 0.3) is 11.4 Å². The Bertz CT molecular complexity index is 933. The number of hydrogen-bond acceptors (Lipinski definition) is 6. The first-order chi connectivity index (χ1) is 12.6. The highest BCUT2D eigenvalue weighted by atomic mass is 35.5. The molecule has 0 aliphatic rings. The van der Waals surface area contributed by atoms with Gasteiger partial charge in [0.25, 0.3) is 0 Å². The number of carbonyl (C=O) groups is 1. The number of carbonyl (C=O) groups excluding carboxylic acids is 1. The van der Waals surface area contributed by atoms with E-state index < -0.39 is 5.97 Å². The lowest BCUT2D eigenvalue weighted by Crippen LogP contribution is -2.04. The fourth-order valence-corrected chi connectivity index (χ4v) is 2.57. The molecule has 2 aromatic carbocycles. The molecule has 26 heavy (non-hydrogen) atoms. The highest BCUT2D eigenvalue weighted by Gasteiger charge is 2.12. The van der Waals surface area contributed by atoms with Crippen LogP contribution in [0.4, 0.5) is 11.5 Å². The summed E-state index contributed by atoms with van der Waals surface area (Å²) < 4.78 is 10.1. The summed E-state index contributed by atoms with van der Waals surface area (Å²) >= 11 is 6.15. The molecule has 0 atom stereocenters. The van der Waals surface area contributed by atoms with Crippen molar-refractivity contribution >= 4 is 29.1 Å². The molecule has 0 spiro atoms. The standard InChI is InChI=1S/C19H16ClN3O3/c1-25-15-9-8-13(19(24)26-2)10-14(15)21-17-11-16(20)22-18(23-17)12-6-4-3-5-7-12/h3-11H,1-2H3,(H,21,22,23). The van der Waals surface area contributed by atoms with Gasteiger partial charge in [-0.15, -0.1) is 0 Å². The molecule has 1 heterocycles. The first-order valence-electron chi connectivity index (χ1n) is 7.74. The van der Waals surface area contributed by atoms with E-state index in [1.54, 1.807) is 31.4 Å². The molecule has 1 N–H and O–H groups in total. The maximum absolute atomic E-state index is 11.8. The number of ether oxygens (including phenoxy) is 2. The van der Waals surface area contributed by atoms with Crippen molar-refractivity contribution in [3.8, 4) is 17.1 Å². The third-order valence-electron chi connectivity index (χ3n) is 3.61. The van der Waals surface area contributed by atoms with E-state index in [2.05, 4.69) is 15.3 Å².